The molecule has 5 heteroatoms. The Morgan fingerprint density at radius 2 is 2.38 bits per heavy atom. The first kappa shape index (κ1) is 12.8. The zero-order valence-electron chi connectivity index (χ0n) is 9.53. The number of hydrogen-bond acceptors (Lipinski definition) is 3. The quantitative estimate of drug-likeness (QED) is 0.793. The third-order valence-corrected chi connectivity index (χ3v) is 2.53. The van der Waals surface area contributed by atoms with Crippen LogP contribution in [0.2, 0.25) is 0 Å². The summed E-state index contributed by atoms with van der Waals surface area (Å²) >= 11 is 5.39. The second-order valence-electron chi connectivity index (χ2n) is 3.45. The molecule has 4 nitrogen and oxygen atoms in total. The lowest BCUT2D eigenvalue weighted by Gasteiger charge is -2.16. The number of pyridine rings is 1. The molecule has 0 aliphatic heterocycles. The van der Waals surface area contributed by atoms with E-state index in [-0.39, 0.29) is 11.8 Å². The smallest absolute Gasteiger partial charge is 0.235 e. The maximum absolute atomic E-state index is 11.0. The van der Waals surface area contributed by atoms with Gasteiger partial charge in [0.1, 0.15) is 11.7 Å². The Labute approximate surface area is 101 Å². The number of rotatable bonds is 5. The molecule has 0 spiro atoms. The summed E-state index contributed by atoms with van der Waals surface area (Å²) in [5, 5.41) is 2.72. The largest absolute Gasteiger partial charge is 0.360 e. The summed E-state index contributed by atoms with van der Waals surface area (Å²) < 4.78 is 0. The molecule has 88 valence electrons. The summed E-state index contributed by atoms with van der Waals surface area (Å²) in [5.41, 5.74) is 1.02. The van der Waals surface area contributed by atoms with E-state index in [2.05, 4.69) is 17.2 Å². The van der Waals surface area contributed by atoms with Crippen molar-refractivity contribution in [1.82, 2.24) is 10.3 Å². The van der Waals surface area contributed by atoms with Gasteiger partial charge in [0.05, 0.1) is 0 Å². The van der Waals surface area contributed by atoms with E-state index in [0.29, 0.717) is 6.54 Å². The highest BCUT2D eigenvalue weighted by Crippen LogP contribution is 2.10. The molecule has 16 heavy (non-hydrogen) atoms. The van der Waals surface area contributed by atoms with Crippen LogP contribution >= 0.6 is 11.6 Å². The Morgan fingerprint density at radius 1 is 1.62 bits per heavy atom. The first-order valence-electron chi connectivity index (χ1n) is 5.16. The zero-order valence-corrected chi connectivity index (χ0v) is 10.3. The van der Waals surface area contributed by atoms with E-state index in [1.807, 2.05) is 24.1 Å². The van der Waals surface area contributed by atoms with Gasteiger partial charge in [-0.3, -0.25) is 4.79 Å². The van der Waals surface area contributed by atoms with Crippen molar-refractivity contribution in [3.63, 3.8) is 0 Å². The zero-order chi connectivity index (χ0) is 12.0. The predicted octanol–water partition coefficient (Wildman–Crippen LogP) is 1.39. The molecule has 0 aliphatic carbocycles. The first-order chi connectivity index (χ1) is 7.67. The molecule has 1 N–H and O–H groups in total. The van der Waals surface area contributed by atoms with Gasteiger partial charge < -0.3 is 10.2 Å². The van der Waals surface area contributed by atoms with Crippen LogP contribution in [-0.2, 0) is 11.3 Å². The second-order valence-corrected chi connectivity index (χ2v) is 3.71. The topological polar surface area (TPSA) is 45.2 Å². The molecule has 0 atom stereocenters. The highest BCUT2D eigenvalue weighted by atomic mass is 35.5. The Bertz CT molecular complexity index is 357. The molecule has 0 aliphatic rings. The summed E-state index contributed by atoms with van der Waals surface area (Å²) in [5.74, 6) is 0.733. The molecule has 0 fully saturated rings. The number of carbonyl (C=O) groups is 1. The third-order valence-electron chi connectivity index (χ3n) is 2.29. The van der Waals surface area contributed by atoms with Crippen molar-refractivity contribution in [2.24, 2.45) is 0 Å². The molecule has 0 aromatic carbocycles. The van der Waals surface area contributed by atoms with E-state index in [9.17, 15) is 4.79 Å². The van der Waals surface area contributed by atoms with Gasteiger partial charge in [0.15, 0.2) is 0 Å². The van der Waals surface area contributed by atoms with Gasteiger partial charge in [0, 0.05) is 26.3 Å². The molecule has 1 aromatic rings. The van der Waals surface area contributed by atoms with Gasteiger partial charge in [-0.15, -0.1) is 11.6 Å². The predicted molar refractivity (Wildman–Crippen MR) is 65.7 cm³/mol. The second kappa shape index (κ2) is 6.33. The standard InChI is InChI=1S/C11H16ClN3O/c1-3-15(2)10-6-9(4-5-13-10)8-14-11(16)7-12/h4-6H,3,7-8H2,1-2H3,(H,14,16). The number of hydrogen-bond donors (Lipinski definition) is 1. The molecule has 1 aromatic heterocycles. The highest BCUT2D eigenvalue weighted by molar-refractivity contribution is 6.27. The fraction of sp³-hybridized carbons (Fsp3) is 0.455. The van der Waals surface area contributed by atoms with Crippen molar-refractivity contribution < 1.29 is 4.79 Å². The number of nitrogens with one attached hydrogen (secondary N) is 1. The first-order valence-corrected chi connectivity index (χ1v) is 5.69. The summed E-state index contributed by atoms with van der Waals surface area (Å²) in [6.45, 7) is 3.44. The van der Waals surface area contributed by atoms with Crippen LogP contribution in [0.1, 0.15) is 12.5 Å². The molecule has 1 amide bonds. The Hall–Kier alpha value is -1.29. The number of amides is 1. The Kier molecular flexibility index (Phi) is 5.05. The van der Waals surface area contributed by atoms with E-state index in [4.69, 9.17) is 11.6 Å². The lowest BCUT2D eigenvalue weighted by Crippen LogP contribution is -2.24. The summed E-state index contributed by atoms with van der Waals surface area (Å²) in [7, 11) is 1.98. The summed E-state index contributed by atoms with van der Waals surface area (Å²) in [4.78, 5) is 17.3. The Morgan fingerprint density at radius 3 is 3.00 bits per heavy atom. The number of halogens is 1. The number of carbonyl (C=O) groups excluding carboxylic acids is 1. The lowest BCUT2D eigenvalue weighted by molar-refractivity contribution is -0.118. The third kappa shape index (κ3) is 3.70. The summed E-state index contributed by atoms with van der Waals surface area (Å²) in [6, 6.07) is 3.83. The summed E-state index contributed by atoms with van der Waals surface area (Å²) in [6.07, 6.45) is 1.74. The van der Waals surface area contributed by atoms with Gasteiger partial charge >= 0.3 is 0 Å². The molecule has 0 unspecified atom stereocenters. The molecule has 1 rings (SSSR count). The molecule has 0 saturated carbocycles. The fourth-order valence-corrected chi connectivity index (χ4v) is 1.28. The van der Waals surface area contributed by atoms with Crippen molar-refractivity contribution in [3.05, 3.63) is 23.9 Å². The number of aromatic nitrogens is 1. The average Bonchev–Trinajstić information content (AvgIpc) is 2.35. The lowest BCUT2D eigenvalue weighted by atomic mass is 10.2. The van der Waals surface area contributed by atoms with Crippen LogP contribution in [0.5, 0.6) is 0 Å². The van der Waals surface area contributed by atoms with Crippen LogP contribution in [0, 0.1) is 0 Å². The van der Waals surface area contributed by atoms with Crippen LogP contribution in [0.15, 0.2) is 18.3 Å². The fourth-order valence-electron chi connectivity index (χ4n) is 1.19. The van der Waals surface area contributed by atoms with Crippen LogP contribution in [-0.4, -0.2) is 30.4 Å². The maximum Gasteiger partial charge on any atom is 0.235 e. The van der Waals surface area contributed by atoms with Gasteiger partial charge in [0.2, 0.25) is 5.91 Å². The number of anilines is 1. The van der Waals surface area contributed by atoms with Gasteiger partial charge in [-0.1, -0.05) is 0 Å². The van der Waals surface area contributed by atoms with Crippen molar-refractivity contribution >= 4 is 23.3 Å². The van der Waals surface area contributed by atoms with Crippen LogP contribution < -0.4 is 10.2 Å². The van der Waals surface area contributed by atoms with Crippen molar-refractivity contribution in [2.45, 2.75) is 13.5 Å². The average molecular weight is 242 g/mol. The minimum absolute atomic E-state index is 0.00714. The van der Waals surface area contributed by atoms with Gasteiger partial charge in [-0.25, -0.2) is 4.98 Å². The van der Waals surface area contributed by atoms with Crippen molar-refractivity contribution in [1.29, 1.82) is 0 Å². The highest BCUT2D eigenvalue weighted by Gasteiger charge is 2.02. The minimum atomic E-state index is -0.163. The molecule has 1 heterocycles. The van der Waals surface area contributed by atoms with E-state index in [0.717, 1.165) is 17.9 Å². The van der Waals surface area contributed by atoms with Gasteiger partial charge in [0.25, 0.3) is 0 Å². The Balaban J connectivity index is 2.64. The number of alkyl halides is 1. The van der Waals surface area contributed by atoms with Gasteiger partial charge in [-0.2, -0.15) is 0 Å². The van der Waals surface area contributed by atoms with Crippen molar-refractivity contribution in [3.8, 4) is 0 Å². The van der Waals surface area contributed by atoms with E-state index in [1.54, 1.807) is 6.20 Å². The number of nitrogens with zero attached hydrogens (tertiary/aromatic N) is 2. The van der Waals surface area contributed by atoms with Crippen molar-refractivity contribution in [2.75, 3.05) is 24.4 Å². The van der Waals surface area contributed by atoms with Crippen LogP contribution in [0.4, 0.5) is 5.82 Å². The van der Waals surface area contributed by atoms with Crippen LogP contribution in [0.25, 0.3) is 0 Å². The van der Waals surface area contributed by atoms with Crippen LogP contribution in [0.3, 0.4) is 0 Å². The molecule has 0 saturated heterocycles. The molecule has 0 bridgehead atoms. The van der Waals surface area contributed by atoms with E-state index >= 15 is 0 Å². The molecule has 0 radical (unpaired) electrons. The van der Waals surface area contributed by atoms with E-state index < -0.39 is 0 Å². The SMILES string of the molecule is CCN(C)c1cc(CNC(=O)CCl)ccn1. The maximum atomic E-state index is 11.0. The molecular formula is C11H16ClN3O. The monoisotopic (exact) mass is 241 g/mol. The normalized spacial score (nSPS) is 9.94. The van der Waals surface area contributed by atoms with E-state index in [1.165, 1.54) is 0 Å². The molecular weight excluding hydrogens is 226 g/mol. The minimum Gasteiger partial charge on any atom is -0.360 e. The van der Waals surface area contributed by atoms with Gasteiger partial charge in [-0.05, 0) is 24.6 Å².